The number of benzene rings is 1. The molecule has 0 amide bonds. The molecule has 1 atom stereocenters. The number of carbonyl (C=O) groups is 1. The van der Waals surface area contributed by atoms with Crippen LogP contribution in [0.4, 0.5) is 0 Å². The minimum atomic E-state index is -0.0505. The second kappa shape index (κ2) is 6.29. The number of likely N-dealkylation sites (N-methyl/N-ethyl adjacent to an activating group) is 1. The molecule has 3 heteroatoms. The zero-order valence-electron chi connectivity index (χ0n) is 14.0. The molecule has 2 rings (SSSR count). The Hall–Kier alpha value is -1.19. The Morgan fingerprint density at radius 1 is 1.24 bits per heavy atom. The van der Waals surface area contributed by atoms with Crippen LogP contribution in [0.1, 0.15) is 43.6 Å². The van der Waals surface area contributed by atoms with Gasteiger partial charge in [0.15, 0.2) is 5.78 Å². The number of rotatable bonds is 4. The van der Waals surface area contributed by atoms with Gasteiger partial charge in [-0.2, -0.15) is 0 Å². The topological polar surface area (TPSA) is 23.6 Å². The normalized spacial score (nSPS) is 21.2. The lowest BCUT2D eigenvalue weighted by molar-refractivity contribution is 0.0212. The molecule has 0 radical (unpaired) electrons. The first-order valence-corrected chi connectivity index (χ1v) is 7.93. The number of ketones is 1. The average Bonchev–Trinajstić information content (AvgIpc) is 2.48. The predicted molar refractivity (Wildman–Crippen MR) is 87.9 cm³/mol. The molecule has 0 spiro atoms. The third-order valence-corrected chi connectivity index (χ3v) is 4.92. The van der Waals surface area contributed by atoms with Crippen molar-refractivity contribution in [3.63, 3.8) is 0 Å². The maximum atomic E-state index is 12.7. The van der Waals surface area contributed by atoms with Gasteiger partial charge >= 0.3 is 0 Å². The fourth-order valence-corrected chi connectivity index (χ4v) is 2.92. The van der Waals surface area contributed by atoms with Gasteiger partial charge in [0.2, 0.25) is 0 Å². The van der Waals surface area contributed by atoms with E-state index in [9.17, 15) is 4.79 Å². The van der Waals surface area contributed by atoms with Gasteiger partial charge in [-0.05, 0) is 39.8 Å². The van der Waals surface area contributed by atoms with E-state index in [-0.39, 0.29) is 17.4 Å². The molecule has 1 unspecified atom stereocenters. The maximum Gasteiger partial charge on any atom is 0.179 e. The quantitative estimate of drug-likeness (QED) is 0.796. The molecule has 1 aromatic carbocycles. The summed E-state index contributed by atoms with van der Waals surface area (Å²) in [6, 6.07) is 8.02. The Bertz CT molecular complexity index is 492. The molecular weight excluding hydrogens is 260 g/mol. The fraction of sp³-hybridized carbons (Fsp3) is 0.611. The summed E-state index contributed by atoms with van der Waals surface area (Å²) in [6.45, 7) is 11.6. The van der Waals surface area contributed by atoms with Crippen LogP contribution in [0.2, 0.25) is 0 Å². The van der Waals surface area contributed by atoms with Gasteiger partial charge in [-0.15, -0.1) is 0 Å². The van der Waals surface area contributed by atoms with Crippen LogP contribution in [0, 0.1) is 0 Å². The number of Topliss-reactive ketones (excluding diaryl/α,β-unsaturated/α-hetero) is 1. The largest absolute Gasteiger partial charge is 0.299 e. The van der Waals surface area contributed by atoms with Crippen LogP contribution in [0.5, 0.6) is 0 Å². The van der Waals surface area contributed by atoms with Gasteiger partial charge in [0.25, 0.3) is 0 Å². The molecule has 116 valence electrons. The summed E-state index contributed by atoms with van der Waals surface area (Å²) in [6.07, 6.45) is 1.01. The average molecular weight is 288 g/mol. The van der Waals surface area contributed by atoms with Crippen molar-refractivity contribution in [2.24, 2.45) is 0 Å². The van der Waals surface area contributed by atoms with E-state index in [2.05, 4.69) is 49.8 Å². The first-order valence-electron chi connectivity index (χ1n) is 7.93. The molecule has 0 aromatic heterocycles. The van der Waals surface area contributed by atoms with Crippen LogP contribution in [0.25, 0.3) is 0 Å². The minimum absolute atomic E-state index is 0.0505. The molecule has 1 saturated heterocycles. The lowest BCUT2D eigenvalue weighted by Crippen LogP contribution is -2.60. The van der Waals surface area contributed by atoms with Crippen molar-refractivity contribution in [2.45, 2.75) is 45.7 Å². The smallest absolute Gasteiger partial charge is 0.179 e. The lowest BCUT2D eigenvalue weighted by Gasteiger charge is -2.47. The van der Waals surface area contributed by atoms with Crippen LogP contribution >= 0.6 is 0 Å². The highest BCUT2D eigenvalue weighted by Gasteiger charge is 2.34. The highest BCUT2D eigenvalue weighted by atomic mass is 16.1. The van der Waals surface area contributed by atoms with Crippen LogP contribution in [0.3, 0.4) is 0 Å². The van der Waals surface area contributed by atoms with Crippen molar-refractivity contribution in [3.8, 4) is 0 Å². The SMILES string of the molecule is CCc1ccc(C(=O)C(C)N2CCN(C)C(C)(C)C2)cc1. The number of carbonyl (C=O) groups excluding carboxylic acids is 1. The van der Waals surface area contributed by atoms with Gasteiger partial charge in [0.1, 0.15) is 0 Å². The summed E-state index contributed by atoms with van der Waals surface area (Å²) in [5, 5.41) is 0. The van der Waals surface area contributed by atoms with E-state index in [1.807, 2.05) is 19.1 Å². The van der Waals surface area contributed by atoms with Crippen LogP contribution in [0.15, 0.2) is 24.3 Å². The van der Waals surface area contributed by atoms with Crippen molar-refractivity contribution in [2.75, 3.05) is 26.7 Å². The number of hydrogen-bond acceptors (Lipinski definition) is 3. The fourth-order valence-electron chi connectivity index (χ4n) is 2.92. The van der Waals surface area contributed by atoms with Gasteiger partial charge in [0.05, 0.1) is 6.04 Å². The second-order valence-corrected chi connectivity index (χ2v) is 6.80. The lowest BCUT2D eigenvalue weighted by atomic mass is 9.96. The first-order chi connectivity index (χ1) is 9.85. The molecule has 1 heterocycles. The van der Waals surface area contributed by atoms with E-state index >= 15 is 0 Å². The molecule has 1 aliphatic rings. The summed E-state index contributed by atoms with van der Waals surface area (Å²) in [4.78, 5) is 17.4. The van der Waals surface area contributed by atoms with Crippen molar-refractivity contribution < 1.29 is 4.79 Å². The van der Waals surface area contributed by atoms with Crippen LogP contribution in [-0.4, -0.2) is 53.8 Å². The van der Waals surface area contributed by atoms with Crippen molar-refractivity contribution in [3.05, 3.63) is 35.4 Å². The highest BCUT2D eigenvalue weighted by molar-refractivity contribution is 5.99. The molecule has 3 nitrogen and oxygen atoms in total. The second-order valence-electron chi connectivity index (χ2n) is 6.80. The summed E-state index contributed by atoms with van der Waals surface area (Å²) in [7, 11) is 2.16. The Balaban J connectivity index is 2.08. The van der Waals surface area contributed by atoms with Gasteiger partial charge in [-0.25, -0.2) is 0 Å². The molecule has 1 aliphatic heterocycles. The number of hydrogen-bond donors (Lipinski definition) is 0. The van der Waals surface area contributed by atoms with E-state index in [4.69, 9.17) is 0 Å². The highest BCUT2D eigenvalue weighted by Crippen LogP contribution is 2.22. The van der Waals surface area contributed by atoms with Gasteiger partial charge in [-0.3, -0.25) is 14.6 Å². The molecule has 0 aliphatic carbocycles. The summed E-state index contributed by atoms with van der Waals surface area (Å²) in [5.41, 5.74) is 2.23. The van der Waals surface area contributed by atoms with Gasteiger partial charge < -0.3 is 0 Å². The van der Waals surface area contributed by atoms with Gasteiger partial charge in [-0.1, -0.05) is 31.2 Å². The summed E-state index contributed by atoms with van der Waals surface area (Å²) < 4.78 is 0. The van der Waals surface area contributed by atoms with E-state index in [1.54, 1.807) is 0 Å². The Morgan fingerprint density at radius 3 is 2.38 bits per heavy atom. The minimum Gasteiger partial charge on any atom is -0.299 e. The molecule has 0 saturated carbocycles. The Morgan fingerprint density at radius 2 is 1.86 bits per heavy atom. The predicted octanol–water partition coefficient (Wildman–Crippen LogP) is 2.85. The van der Waals surface area contributed by atoms with E-state index in [0.29, 0.717) is 0 Å². The molecular formula is C18H28N2O. The van der Waals surface area contributed by atoms with E-state index in [1.165, 1.54) is 5.56 Å². The van der Waals surface area contributed by atoms with Crippen molar-refractivity contribution in [1.29, 1.82) is 0 Å². The molecule has 0 N–H and O–H groups in total. The molecule has 1 aromatic rings. The molecule has 1 fully saturated rings. The third kappa shape index (κ3) is 3.53. The zero-order chi connectivity index (χ0) is 15.6. The molecule has 0 bridgehead atoms. The van der Waals surface area contributed by atoms with Crippen molar-refractivity contribution in [1.82, 2.24) is 9.80 Å². The number of nitrogens with zero attached hydrogens (tertiary/aromatic N) is 2. The summed E-state index contributed by atoms with van der Waals surface area (Å²) in [5.74, 6) is 0.234. The summed E-state index contributed by atoms with van der Waals surface area (Å²) >= 11 is 0. The maximum absolute atomic E-state index is 12.7. The standard InChI is InChI=1S/C18H28N2O/c1-6-15-7-9-16(10-8-15)17(21)14(2)20-12-11-19(5)18(3,4)13-20/h7-10,14H,6,11-13H2,1-5H3. The number of piperazine rings is 1. The van der Waals surface area contributed by atoms with Crippen LogP contribution < -0.4 is 0 Å². The van der Waals surface area contributed by atoms with Crippen LogP contribution in [-0.2, 0) is 6.42 Å². The third-order valence-electron chi connectivity index (χ3n) is 4.92. The molecule has 21 heavy (non-hydrogen) atoms. The zero-order valence-corrected chi connectivity index (χ0v) is 14.0. The first kappa shape index (κ1) is 16.2. The number of aryl methyl sites for hydroxylation is 1. The Kier molecular flexibility index (Phi) is 4.84. The van der Waals surface area contributed by atoms with E-state index < -0.39 is 0 Å². The Labute approximate surface area is 128 Å². The monoisotopic (exact) mass is 288 g/mol. The van der Waals surface area contributed by atoms with Gasteiger partial charge in [0, 0.05) is 30.7 Å². The van der Waals surface area contributed by atoms with Crippen molar-refractivity contribution >= 4 is 5.78 Å². The van der Waals surface area contributed by atoms with E-state index in [0.717, 1.165) is 31.6 Å².